The summed E-state index contributed by atoms with van der Waals surface area (Å²) in [5, 5.41) is 11.6. The minimum absolute atomic E-state index is 0.293. The van der Waals surface area contributed by atoms with E-state index in [0.717, 1.165) is 73.4 Å². The Hall–Kier alpha value is -3.66. The first-order valence-electron chi connectivity index (χ1n) is 20.2. The van der Waals surface area contributed by atoms with Gasteiger partial charge in [-0.3, -0.25) is 0 Å². The van der Waals surface area contributed by atoms with E-state index < -0.39 is 0 Å². The van der Waals surface area contributed by atoms with Gasteiger partial charge in [-0.2, -0.15) is 0 Å². The Morgan fingerprint density at radius 2 is 0.722 bits per heavy atom. The Morgan fingerprint density at radius 3 is 1.04 bits per heavy atom. The molecule has 0 saturated carbocycles. The predicted molar refractivity (Wildman–Crippen MR) is 217 cm³/mol. The molecule has 3 aliphatic heterocycles. The summed E-state index contributed by atoms with van der Waals surface area (Å²) < 4.78 is 34.3. The Kier molecular flexibility index (Phi) is 13.6. The molecule has 54 heavy (non-hydrogen) atoms. The minimum Gasteiger partial charge on any atom is -0.493 e. The Bertz CT molecular complexity index is 1630. The van der Waals surface area contributed by atoms with Crippen LogP contribution >= 0.6 is 0 Å². The summed E-state index contributed by atoms with van der Waals surface area (Å²) in [4.78, 5) is 0. The van der Waals surface area contributed by atoms with Crippen LogP contribution in [0.3, 0.4) is 0 Å². The number of benzene rings is 3. The molecule has 0 aromatic heterocycles. The molecule has 0 radical (unpaired) electrons. The van der Waals surface area contributed by atoms with Crippen LogP contribution in [0.1, 0.15) is 141 Å². The first kappa shape index (κ1) is 40.0. The van der Waals surface area contributed by atoms with Crippen LogP contribution in [0.15, 0.2) is 36.4 Å². The van der Waals surface area contributed by atoms with Crippen molar-refractivity contribution in [1.29, 1.82) is 0 Å². The maximum absolute atomic E-state index is 5.76. The van der Waals surface area contributed by atoms with Crippen molar-refractivity contribution in [2.45, 2.75) is 108 Å². The third-order valence-electron chi connectivity index (χ3n) is 12.6. The summed E-state index contributed by atoms with van der Waals surface area (Å²) in [7, 11) is 10.4. The van der Waals surface area contributed by atoms with E-state index in [9.17, 15) is 0 Å². The summed E-state index contributed by atoms with van der Waals surface area (Å²) in [6, 6.07) is 14.1. The monoisotopic (exact) mass is 743 g/mol. The topological polar surface area (TPSA) is 91.5 Å². The van der Waals surface area contributed by atoms with Gasteiger partial charge in [-0.25, -0.2) is 0 Å². The minimum atomic E-state index is 0.293. The van der Waals surface area contributed by atoms with Crippen LogP contribution in [-0.2, 0) is 0 Å². The fourth-order valence-corrected chi connectivity index (χ4v) is 9.33. The lowest BCUT2D eigenvalue weighted by atomic mass is 9.81. The maximum atomic E-state index is 5.76. The molecule has 0 spiro atoms. The summed E-state index contributed by atoms with van der Waals surface area (Å²) in [5.74, 6) is 6.75. The van der Waals surface area contributed by atoms with Gasteiger partial charge in [-0.15, -0.1) is 0 Å². The molecule has 3 aliphatic rings. The zero-order chi connectivity index (χ0) is 38.4. The molecule has 0 bridgehead atoms. The van der Waals surface area contributed by atoms with Crippen molar-refractivity contribution in [2.75, 3.05) is 62.3 Å². The van der Waals surface area contributed by atoms with Gasteiger partial charge in [0.1, 0.15) is 0 Å². The van der Waals surface area contributed by atoms with Crippen molar-refractivity contribution in [2.24, 2.45) is 5.92 Å². The van der Waals surface area contributed by atoms with Crippen LogP contribution in [0, 0.1) is 5.92 Å². The molecule has 0 amide bonds. The zero-order valence-electron chi connectivity index (χ0n) is 34.2. The van der Waals surface area contributed by atoms with Crippen molar-refractivity contribution in [3.63, 3.8) is 0 Å². The van der Waals surface area contributed by atoms with Crippen molar-refractivity contribution in [3.8, 4) is 34.5 Å². The molecule has 9 nitrogen and oxygen atoms in total. The fraction of sp³-hybridized carbons (Fsp3) is 0.600. The van der Waals surface area contributed by atoms with Gasteiger partial charge in [-0.05, 0) is 126 Å². The average Bonchev–Trinajstić information content (AvgIpc) is 3.20. The molecule has 9 heteroatoms. The van der Waals surface area contributed by atoms with E-state index >= 15 is 0 Å². The first-order chi connectivity index (χ1) is 26.2. The SMILES string of the molecule is COc1cc2c(cc1OC)C(CCCCC(CCC1NCC(C)c3cc(OC)c(OC)cc31)CCC1NCC(C)c3cc(OC)c(OC)cc31)NCC2C. The third kappa shape index (κ3) is 8.58. The van der Waals surface area contributed by atoms with E-state index in [1.165, 1.54) is 65.5 Å². The van der Waals surface area contributed by atoms with Crippen LogP contribution in [0.4, 0.5) is 0 Å². The lowest BCUT2D eigenvalue weighted by Gasteiger charge is -2.34. The zero-order valence-corrected chi connectivity index (χ0v) is 34.2. The normalized spacial score (nSPS) is 23.7. The molecule has 3 heterocycles. The van der Waals surface area contributed by atoms with Gasteiger partial charge in [0.15, 0.2) is 34.5 Å². The molecule has 6 atom stereocenters. The number of hydrogen-bond donors (Lipinski definition) is 3. The summed E-state index contributed by atoms with van der Waals surface area (Å²) in [6.07, 6.45) is 9.22. The summed E-state index contributed by atoms with van der Waals surface area (Å²) >= 11 is 0. The maximum Gasteiger partial charge on any atom is 0.161 e. The van der Waals surface area contributed by atoms with E-state index in [2.05, 4.69) is 73.1 Å². The largest absolute Gasteiger partial charge is 0.493 e. The van der Waals surface area contributed by atoms with Gasteiger partial charge in [-0.1, -0.05) is 40.0 Å². The number of unbranched alkanes of at least 4 members (excludes halogenated alkanes) is 1. The highest BCUT2D eigenvalue weighted by atomic mass is 16.5. The van der Waals surface area contributed by atoms with Gasteiger partial charge >= 0.3 is 0 Å². The fourth-order valence-electron chi connectivity index (χ4n) is 9.33. The lowest BCUT2D eigenvalue weighted by Crippen LogP contribution is -2.33. The molecule has 3 aromatic rings. The first-order valence-corrected chi connectivity index (χ1v) is 20.2. The number of hydrogen-bond acceptors (Lipinski definition) is 9. The van der Waals surface area contributed by atoms with Gasteiger partial charge in [0, 0.05) is 37.8 Å². The Labute approximate surface area is 324 Å². The van der Waals surface area contributed by atoms with Crippen molar-refractivity contribution in [1.82, 2.24) is 16.0 Å². The van der Waals surface area contributed by atoms with Gasteiger partial charge in [0.2, 0.25) is 0 Å². The number of methoxy groups -OCH3 is 6. The van der Waals surface area contributed by atoms with Gasteiger partial charge in [0.05, 0.1) is 42.7 Å². The van der Waals surface area contributed by atoms with Crippen LogP contribution in [0.5, 0.6) is 34.5 Å². The second kappa shape index (κ2) is 18.3. The highest BCUT2D eigenvalue weighted by Gasteiger charge is 2.31. The average molecular weight is 744 g/mol. The van der Waals surface area contributed by atoms with Crippen molar-refractivity contribution in [3.05, 3.63) is 69.8 Å². The molecule has 6 unspecified atom stereocenters. The lowest BCUT2D eigenvalue weighted by molar-refractivity contribution is 0.313. The number of fused-ring (bicyclic) bond motifs is 3. The molecule has 3 aromatic carbocycles. The van der Waals surface area contributed by atoms with Crippen LogP contribution in [-0.4, -0.2) is 62.3 Å². The molecule has 296 valence electrons. The van der Waals surface area contributed by atoms with Crippen molar-refractivity contribution >= 4 is 0 Å². The molecule has 0 aliphatic carbocycles. The second-order valence-electron chi connectivity index (χ2n) is 15.9. The highest BCUT2D eigenvalue weighted by molar-refractivity contribution is 5.52. The van der Waals surface area contributed by atoms with Crippen LogP contribution in [0.2, 0.25) is 0 Å². The Balaban J connectivity index is 1.17. The second-order valence-corrected chi connectivity index (χ2v) is 15.9. The van der Waals surface area contributed by atoms with E-state index in [0.29, 0.717) is 41.8 Å². The van der Waals surface area contributed by atoms with E-state index in [1.54, 1.807) is 42.7 Å². The highest BCUT2D eigenvalue weighted by Crippen LogP contribution is 2.44. The Morgan fingerprint density at radius 1 is 0.426 bits per heavy atom. The van der Waals surface area contributed by atoms with Gasteiger partial charge < -0.3 is 44.4 Å². The molecule has 6 rings (SSSR count). The van der Waals surface area contributed by atoms with Crippen LogP contribution < -0.4 is 44.4 Å². The van der Waals surface area contributed by atoms with E-state index in [4.69, 9.17) is 28.4 Å². The molecular formula is C45H65N3O6. The standard InChI is InChI=1S/C45H65N3O6/c1-27-24-46-37(34-21-43(52-7)40(49-4)18-31(27)34)13-11-10-12-30(14-16-38-35-22-44(53-8)41(50-5)19-32(35)28(2)25-47-38)15-17-39-36-23-45(54-9)42(51-6)20-33(36)29(3)26-48-39/h18-23,27-30,37-39,46-48H,10-17,24-26H2,1-9H3. The van der Waals surface area contributed by atoms with E-state index in [1.807, 2.05) is 0 Å². The number of rotatable bonds is 17. The third-order valence-corrected chi connectivity index (χ3v) is 12.6. The molecule has 0 saturated heterocycles. The van der Waals surface area contributed by atoms with Gasteiger partial charge in [0.25, 0.3) is 0 Å². The molecule has 0 fully saturated rings. The quantitative estimate of drug-likeness (QED) is 0.117. The summed E-state index contributed by atoms with van der Waals surface area (Å²) in [5.41, 5.74) is 8.19. The predicted octanol–water partition coefficient (Wildman–Crippen LogP) is 9.12. The molecule has 3 N–H and O–H groups in total. The molecular weight excluding hydrogens is 679 g/mol. The van der Waals surface area contributed by atoms with Crippen LogP contribution in [0.25, 0.3) is 0 Å². The van der Waals surface area contributed by atoms with E-state index in [-0.39, 0.29) is 0 Å². The van der Waals surface area contributed by atoms with Crippen molar-refractivity contribution < 1.29 is 28.4 Å². The smallest absolute Gasteiger partial charge is 0.161 e. The number of nitrogens with one attached hydrogen (secondary N) is 3. The summed E-state index contributed by atoms with van der Waals surface area (Å²) in [6.45, 7) is 9.79. The number of ether oxygens (including phenoxy) is 6.